The molecule has 0 bridgehead atoms. The van der Waals surface area contributed by atoms with Gasteiger partial charge in [0.1, 0.15) is 11.5 Å². The zero-order chi connectivity index (χ0) is 36.1. The van der Waals surface area contributed by atoms with E-state index >= 15 is 0 Å². The summed E-state index contributed by atoms with van der Waals surface area (Å²) in [5.74, 6) is 3.51. The van der Waals surface area contributed by atoms with Gasteiger partial charge in [-0.1, -0.05) is 146 Å². The third kappa shape index (κ3) is 4.21. The van der Waals surface area contributed by atoms with Gasteiger partial charge in [-0.15, -0.1) is 0 Å². The Morgan fingerprint density at radius 3 is 2.04 bits per heavy atom. The molecule has 1 unspecified atom stereocenters. The molecule has 7 aromatic carbocycles. The summed E-state index contributed by atoms with van der Waals surface area (Å²) in [6.45, 7) is 0. The fourth-order valence-corrected chi connectivity index (χ4v) is 9.53. The highest BCUT2D eigenvalue weighted by Crippen LogP contribution is 2.63. The lowest BCUT2D eigenvalue weighted by atomic mass is 9.64. The molecule has 3 heterocycles. The van der Waals surface area contributed by atoms with Gasteiger partial charge in [-0.2, -0.15) is 9.97 Å². The van der Waals surface area contributed by atoms with Crippen LogP contribution in [0.2, 0.25) is 0 Å². The number of fused-ring (bicyclic) bond motifs is 13. The minimum absolute atomic E-state index is 0.533. The van der Waals surface area contributed by atoms with Crippen LogP contribution in [0.25, 0.3) is 66.9 Å². The van der Waals surface area contributed by atoms with Crippen LogP contribution in [0.3, 0.4) is 0 Å². The molecule has 55 heavy (non-hydrogen) atoms. The number of hydrogen-bond donors (Lipinski definition) is 0. The van der Waals surface area contributed by atoms with Crippen molar-refractivity contribution in [2.75, 3.05) is 0 Å². The van der Waals surface area contributed by atoms with Crippen LogP contribution in [0.5, 0.6) is 11.5 Å². The minimum Gasteiger partial charge on any atom is -0.457 e. The number of rotatable bonds is 3. The molecule has 0 amide bonds. The summed E-state index contributed by atoms with van der Waals surface area (Å²) in [6.07, 6.45) is 6.78. The molecule has 0 fully saturated rings. The maximum Gasteiger partial charge on any atom is 0.238 e. The average molecular weight is 705 g/mol. The average Bonchev–Trinajstić information content (AvgIpc) is 3.74. The molecule has 0 saturated carbocycles. The van der Waals surface area contributed by atoms with Gasteiger partial charge in [-0.05, 0) is 64.1 Å². The van der Waals surface area contributed by atoms with Gasteiger partial charge in [0, 0.05) is 39.1 Å². The lowest BCUT2D eigenvalue weighted by Gasteiger charge is -2.40. The van der Waals surface area contributed by atoms with Crippen molar-refractivity contribution >= 4 is 38.2 Å². The van der Waals surface area contributed by atoms with Crippen LogP contribution in [0.1, 0.15) is 35.1 Å². The van der Waals surface area contributed by atoms with Gasteiger partial charge in [0.2, 0.25) is 5.95 Å². The van der Waals surface area contributed by atoms with Crippen LogP contribution in [-0.4, -0.2) is 19.5 Å². The van der Waals surface area contributed by atoms with E-state index in [2.05, 4.69) is 138 Å². The highest BCUT2D eigenvalue weighted by molar-refractivity contribution is 6.21. The smallest absolute Gasteiger partial charge is 0.238 e. The standard InChI is InChI=1S/C50H32N4O/c1-3-16-32(17-4-1)47-51-48(33-18-5-2-6-19-33)53-49(52-47)54-42-28-27-31-15-7-8-20-34(31)46(42)37-29-41-45(30-43(37)54)55-44-26-14-13-25-40(44)50(41)38-23-11-9-21-35(38)36-22-10-12-24-39(36)50/h1-9,11-21,23-30H,10,22H2. The molecule has 2 aromatic heterocycles. The SMILES string of the molecule is C1=CC2=C(CC1)c1ccccc1C21c2ccccc2Oc2cc3c(cc21)c1c2ccccc2ccc1n3-c1nc(-c2ccccc2)nc(-c2ccccc2)n1. The maximum absolute atomic E-state index is 7.01. The minimum atomic E-state index is -0.533. The first-order chi connectivity index (χ1) is 27.3. The summed E-state index contributed by atoms with van der Waals surface area (Å²) in [7, 11) is 0. The van der Waals surface area contributed by atoms with Gasteiger partial charge in [0.05, 0.1) is 16.4 Å². The first-order valence-electron chi connectivity index (χ1n) is 18.9. The predicted molar refractivity (Wildman–Crippen MR) is 221 cm³/mol. The Balaban J connectivity index is 1.23. The van der Waals surface area contributed by atoms with Crippen LogP contribution in [-0.2, 0) is 5.41 Å². The molecule has 5 heteroatoms. The fraction of sp³-hybridized carbons (Fsp3) is 0.0600. The van der Waals surface area contributed by atoms with E-state index in [-0.39, 0.29) is 0 Å². The number of para-hydroxylation sites is 1. The first kappa shape index (κ1) is 30.4. The van der Waals surface area contributed by atoms with Crippen molar-refractivity contribution in [3.05, 3.63) is 198 Å². The van der Waals surface area contributed by atoms with Gasteiger partial charge in [0.15, 0.2) is 11.6 Å². The second kappa shape index (κ2) is 11.4. The summed E-state index contributed by atoms with van der Waals surface area (Å²) in [6, 6.07) is 55.7. The summed E-state index contributed by atoms with van der Waals surface area (Å²) >= 11 is 0. The monoisotopic (exact) mass is 704 g/mol. The number of nitrogens with zero attached hydrogens (tertiary/aromatic N) is 4. The third-order valence-electron chi connectivity index (χ3n) is 11.8. The third-order valence-corrected chi connectivity index (χ3v) is 11.8. The van der Waals surface area contributed by atoms with Crippen molar-refractivity contribution in [3.63, 3.8) is 0 Å². The summed E-state index contributed by atoms with van der Waals surface area (Å²) < 4.78 is 9.22. The molecule has 9 aromatic rings. The molecule has 3 aliphatic rings. The van der Waals surface area contributed by atoms with E-state index in [9.17, 15) is 0 Å². The highest BCUT2D eigenvalue weighted by atomic mass is 16.5. The molecule has 0 saturated heterocycles. The molecular formula is C50H32N4O. The lowest BCUT2D eigenvalue weighted by molar-refractivity contribution is 0.436. The van der Waals surface area contributed by atoms with E-state index in [1.807, 2.05) is 36.4 Å². The molecule has 0 radical (unpaired) electrons. The number of ether oxygens (including phenoxy) is 1. The van der Waals surface area contributed by atoms with Crippen molar-refractivity contribution in [1.29, 1.82) is 0 Å². The summed E-state index contributed by atoms with van der Waals surface area (Å²) in [5.41, 5.74) is 11.1. The van der Waals surface area contributed by atoms with Gasteiger partial charge in [-0.25, -0.2) is 4.98 Å². The van der Waals surface area contributed by atoms with Gasteiger partial charge < -0.3 is 4.74 Å². The van der Waals surface area contributed by atoms with Crippen LogP contribution >= 0.6 is 0 Å². The van der Waals surface area contributed by atoms with Crippen LogP contribution < -0.4 is 4.74 Å². The quantitative estimate of drug-likeness (QED) is 0.184. The van der Waals surface area contributed by atoms with E-state index in [1.165, 1.54) is 38.6 Å². The molecule has 1 spiro atoms. The Kier molecular flexibility index (Phi) is 6.32. The molecule has 0 N–H and O–H groups in total. The molecule has 5 nitrogen and oxygen atoms in total. The molecule has 258 valence electrons. The Hall–Kier alpha value is -7.11. The molecule has 12 rings (SSSR count). The summed E-state index contributed by atoms with van der Waals surface area (Å²) in [4.78, 5) is 15.5. The molecular weight excluding hydrogens is 673 g/mol. The normalized spacial score (nSPS) is 16.7. The largest absolute Gasteiger partial charge is 0.457 e. The Morgan fingerprint density at radius 2 is 1.24 bits per heavy atom. The van der Waals surface area contributed by atoms with E-state index in [1.54, 1.807) is 0 Å². The molecule has 2 aliphatic carbocycles. The molecule has 1 aliphatic heterocycles. The number of hydrogen-bond acceptors (Lipinski definition) is 4. The Morgan fingerprint density at radius 1 is 0.545 bits per heavy atom. The summed E-state index contributed by atoms with van der Waals surface area (Å²) in [5, 5.41) is 4.65. The lowest BCUT2D eigenvalue weighted by Crippen LogP contribution is -2.33. The van der Waals surface area contributed by atoms with Gasteiger partial charge in [0.25, 0.3) is 0 Å². The Bertz CT molecular complexity index is 3070. The van der Waals surface area contributed by atoms with Crippen LogP contribution in [0, 0.1) is 0 Å². The van der Waals surface area contributed by atoms with E-state index in [4.69, 9.17) is 19.7 Å². The van der Waals surface area contributed by atoms with E-state index in [0.717, 1.165) is 62.8 Å². The van der Waals surface area contributed by atoms with Crippen molar-refractivity contribution in [2.45, 2.75) is 18.3 Å². The van der Waals surface area contributed by atoms with Crippen molar-refractivity contribution in [3.8, 4) is 40.2 Å². The van der Waals surface area contributed by atoms with Gasteiger partial charge >= 0.3 is 0 Å². The topological polar surface area (TPSA) is 52.8 Å². The highest BCUT2D eigenvalue weighted by Gasteiger charge is 2.52. The fourth-order valence-electron chi connectivity index (χ4n) is 9.53. The number of benzene rings is 7. The van der Waals surface area contributed by atoms with E-state index in [0.29, 0.717) is 17.6 Å². The van der Waals surface area contributed by atoms with Crippen LogP contribution in [0.15, 0.2) is 175 Å². The first-order valence-corrected chi connectivity index (χ1v) is 18.9. The predicted octanol–water partition coefficient (Wildman–Crippen LogP) is 12.0. The van der Waals surface area contributed by atoms with Crippen molar-refractivity contribution in [1.82, 2.24) is 19.5 Å². The Labute approximate surface area is 317 Å². The number of allylic oxidation sites excluding steroid dienone is 4. The molecule has 1 atom stereocenters. The second-order valence-corrected chi connectivity index (χ2v) is 14.6. The number of aromatic nitrogens is 4. The van der Waals surface area contributed by atoms with Crippen molar-refractivity contribution < 1.29 is 4.74 Å². The van der Waals surface area contributed by atoms with E-state index < -0.39 is 5.41 Å². The van der Waals surface area contributed by atoms with Crippen molar-refractivity contribution in [2.24, 2.45) is 0 Å². The zero-order valence-electron chi connectivity index (χ0n) is 29.8. The zero-order valence-corrected chi connectivity index (χ0v) is 29.8. The van der Waals surface area contributed by atoms with Gasteiger partial charge in [-0.3, -0.25) is 4.57 Å². The second-order valence-electron chi connectivity index (χ2n) is 14.6. The van der Waals surface area contributed by atoms with Crippen LogP contribution in [0.4, 0.5) is 0 Å². The maximum atomic E-state index is 7.01.